The monoisotopic (exact) mass is 686 g/mol. The molecule has 0 saturated carbocycles. The molecule has 6 rings (SSSR count). The number of nitrogens with one attached hydrogen (secondary N) is 3. The molecule has 15 nitrogen and oxygen atoms in total. The first-order valence-electron chi connectivity index (χ1n) is 16.8. The average molecular weight is 687 g/mol. The highest BCUT2D eigenvalue weighted by molar-refractivity contribution is 6.09. The lowest BCUT2D eigenvalue weighted by molar-refractivity contribution is -0.139. The van der Waals surface area contributed by atoms with Crippen LogP contribution in [0.25, 0.3) is 16.8 Å². The number of carboxylic acids is 1. The zero-order chi connectivity index (χ0) is 34.9. The van der Waals surface area contributed by atoms with E-state index in [1.807, 2.05) is 29.0 Å². The molecule has 0 radical (unpaired) electrons. The Balaban J connectivity index is 1.05. The van der Waals surface area contributed by atoms with Crippen LogP contribution < -0.4 is 30.3 Å². The van der Waals surface area contributed by atoms with Crippen LogP contribution in [0.3, 0.4) is 0 Å². The van der Waals surface area contributed by atoms with Gasteiger partial charge in [-0.15, -0.1) is 0 Å². The van der Waals surface area contributed by atoms with Gasteiger partial charge in [-0.2, -0.15) is 5.10 Å². The summed E-state index contributed by atoms with van der Waals surface area (Å²) in [5, 5.41) is 20.2. The van der Waals surface area contributed by atoms with E-state index in [0.29, 0.717) is 49.0 Å². The summed E-state index contributed by atoms with van der Waals surface area (Å²) in [6, 6.07) is 4.50. The van der Waals surface area contributed by atoms with Crippen LogP contribution >= 0.6 is 0 Å². The Bertz CT molecular complexity index is 1790. The molecule has 1 amide bonds. The first kappa shape index (κ1) is 34.3. The SMILES string of the molecule is COc1c(OCCC(NC(=O)OCCCn2cnc(-c3cccnc3)c2)C(=O)O)cc2c(c1OC)C1=C(CCC1)C(=NNC1=NCCN1)CC2. The van der Waals surface area contributed by atoms with E-state index in [9.17, 15) is 14.7 Å². The number of imidazole rings is 1. The number of methoxy groups -OCH3 is 2. The van der Waals surface area contributed by atoms with E-state index >= 15 is 0 Å². The molecule has 0 spiro atoms. The molecule has 4 N–H and O–H groups in total. The number of carboxylic acid groups (broad SMARTS) is 1. The quantitative estimate of drug-likeness (QED) is 0.143. The van der Waals surface area contributed by atoms with Crippen molar-refractivity contribution in [2.45, 2.75) is 57.5 Å². The average Bonchev–Trinajstić information content (AvgIpc) is 3.92. The van der Waals surface area contributed by atoms with Crippen LogP contribution in [0.1, 0.15) is 49.7 Å². The Kier molecular flexibility index (Phi) is 11.1. The summed E-state index contributed by atoms with van der Waals surface area (Å²) in [5.74, 6) is 0.921. The van der Waals surface area contributed by atoms with Crippen LogP contribution in [0, 0.1) is 0 Å². The molecule has 0 fully saturated rings. The number of aliphatic carboxylic acids is 1. The molecule has 2 aliphatic carbocycles. The van der Waals surface area contributed by atoms with Crippen LogP contribution in [-0.4, -0.2) is 89.9 Å². The van der Waals surface area contributed by atoms with Crippen molar-refractivity contribution in [3.63, 3.8) is 0 Å². The van der Waals surface area contributed by atoms with E-state index in [1.54, 1.807) is 32.9 Å². The van der Waals surface area contributed by atoms with Crippen molar-refractivity contribution < 1.29 is 33.6 Å². The maximum absolute atomic E-state index is 12.5. The number of allylic oxidation sites excluding steroid dienone is 2. The number of carbonyl (C=O) groups is 2. The van der Waals surface area contributed by atoms with Gasteiger partial charge in [0.15, 0.2) is 11.5 Å². The molecule has 3 aromatic rings. The topological polar surface area (TPSA) is 183 Å². The lowest BCUT2D eigenvalue weighted by Crippen LogP contribution is -2.42. The molecule has 0 saturated heterocycles. The first-order chi connectivity index (χ1) is 24.4. The van der Waals surface area contributed by atoms with Crippen molar-refractivity contribution in [2.24, 2.45) is 10.1 Å². The van der Waals surface area contributed by atoms with Gasteiger partial charge in [0.05, 0.1) is 51.7 Å². The molecule has 264 valence electrons. The number of rotatable bonds is 14. The Morgan fingerprint density at radius 2 is 1.98 bits per heavy atom. The minimum atomic E-state index is -1.22. The third kappa shape index (κ3) is 7.98. The lowest BCUT2D eigenvalue weighted by Gasteiger charge is -2.21. The lowest BCUT2D eigenvalue weighted by atomic mass is 9.95. The third-order valence-electron chi connectivity index (χ3n) is 8.80. The van der Waals surface area contributed by atoms with Gasteiger partial charge >= 0.3 is 12.1 Å². The van der Waals surface area contributed by atoms with E-state index in [4.69, 9.17) is 24.0 Å². The fraction of sp³-hybridized carbons (Fsp3) is 0.429. The number of hydrogen-bond acceptors (Lipinski definition) is 12. The second kappa shape index (κ2) is 16.2. The second-order valence-corrected chi connectivity index (χ2v) is 12.0. The summed E-state index contributed by atoms with van der Waals surface area (Å²) in [6.07, 6.45) is 11.0. The molecular formula is C35H42N8O7. The van der Waals surface area contributed by atoms with Gasteiger partial charge in [0.25, 0.3) is 0 Å². The number of aliphatic imine (C=N–C) groups is 1. The first-order valence-corrected chi connectivity index (χ1v) is 16.8. The highest BCUT2D eigenvalue weighted by Gasteiger charge is 2.32. The molecule has 1 aromatic carbocycles. The number of hydrogen-bond donors (Lipinski definition) is 4. The summed E-state index contributed by atoms with van der Waals surface area (Å²) in [4.78, 5) is 37.4. The fourth-order valence-corrected chi connectivity index (χ4v) is 6.43. The Hall–Kier alpha value is -5.60. The highest BCUT2D eigenvalue weighted by atomic mass is 16.6. The molecular weight excluding hydrogens is 644 g/mol. The molecule has 50 heavy (non-hydrogen) atoms. The van der Waals surface area contributed by atoms with Gasteiger partial charge in [0.1, 0.15) is 6.04 Å². The summed E-state index contributed by atoms with van der Waals surface area (Å²) in [5.41, 5.74) is 10.2. The minimum absolute atomic E-state index is 0.00483. The van der Waals surface area contributed by atoms with Gasteiger partial charge in [-0.1, -0.05) is 0 Å². The number of aryl methyl sites for hydroxylation is 2. The maximum Gasteiger partial charge on any atom is 0.407 e. The van der Waals surface area contributed by atoms with Crippen molar-refractivity contribution in [2.75, 3.05) is 40.5 Å². The summed E-state index contributed by atoms with van der Waals surface area (Å²) in [7, 11) is 3.15. The number of nitrogens with zero attached hydrogens (tertiary/aromatic N) is 5. The van der Waals surface area contributed by atoms with Crippen molar-refractivity contribution in [3.8, 4) is 28.5 Å². The van der Waals surface area contributed by atoms with Gasteiger partial charge in [-0.05, 0) is 73.4 Å². The van der Waals surface area contributed by atoms with E-state index in [0.717, 1.165) is 60.4 Å². The predicted octanol–water partition coefficient (Wildman–Crippen LogP) is 3.79. The summed E-state index contributed by atoms with van der Waals surface area (Å²) in [6.45, 7) is 2.19. The van der Waals surface area contributed by atoms with Crippen molar-refractivity contribution >= 4 is 29.3 Å². The minimum Gasteiger partial charge on any atom is -0.492 e. The number of ether oxygens (including phenoxy) is 4. The Morgan fingerprint density at radius 3 is 2.74 bits per heavy atom. The molecule has 0 bridgehead atoms. The number of guanidine groups is 1. The maximum atomic E-state index is 12.5. The second-order valence-electron chi connectivity index (χ2n) is 12.0. The van der Waals surface area contributed by atoms with E-state index in [2.05, 4.69) is 31.0 Å². The molecule has 2 aromatic heterocycles. The van der Waals surface area contributed by atoms with Crippen LogP contribution in [0.5, 0.6) is 17.2 Å². The number of benzene rings is 1. The number of fused-ring (bicyclic) bond motifs is 2. The number of hydrazone groups is 1. The van der Waals surface area contributed by atoms with Gasteiger partial charge in [0.2, 0.25) is 11.7 Å². The summed E-state index contributed by atoms with van der Waals surface area (Å²) >= 11 is 0. The smallest absolute Gasteiger partial charge is 0.407 e. The molecule has 3 aliphatic rings. The fourth-order valence-electron chi connectivity index (χ4n) is 6.43. The van der Waals surface area contributed by atoms with Crippen molar-refractivity contribution in [1.29, 1.82) is 0 Å². The molecule has 1 atom stereocenters. The summed E-state index contributed by atoms with van der Waals surface area (Å²) < 4.78 is 25.0. The van der Waals surface area contributed by atoms with Crippen LogP contribution in [0.2, 0.25) is 0 Å². The third-order valence-corrected chi connectivity index (χ3v) is 8.80. The number of aromatic nitrogens is 3. The molecule has 1 aliphatic heterocycles. The number of carbonyl (C=O) groups excluding carboxylic acids is 1. The highest BCUT2D eigenvalue weighted by Crippen LogP contribution is 2.50. The van der Waals surface area contributed by atoms with Crippen LogP contribution in [0.15, 0.2) is 58.8 Å². The van der Waals surface area contributed by atoms with Crippen LogP contribution in [-0.2, 0) is 22.5 Å². The van der Waals surface area contributed by atoms with Gasteiger partial charge in [-0.25, -0.2) is 25.0 Å². The number of alkyl carbamates (subject to hydrolysis) is 1. The van der Waals surface area contributed by atoms with Gasteiger partial charge < -0.3 is 39.3 Å². The zero-order valence-electron chi connectivity index (χ0n) is 28.2. The van der Waals surface area contributed by atoms with E-state index in [-0.39, 0.29) is 19.6 Å². The van der Waals surface area contributed by atoms with Gasteiger partial charge in [-0.3, -0.25) is 4.98 Å². The Morgan fingerprint density at radius 1 is 1.12 bits per heavy atom. The normalized spacial score (nSPS) is 16.4. The van der Waals surface area contributed by atoms with Crippen LogP contribution in [0.4, 0.5) is 4.79 Å². The van der Waals surface area contributed by atoms with E-state index < -0.39 is 18.1 Å². The molecule has 1 unspecified atom stereocenters. The Labute approximate surface area is 289 Å². The van der Waals surface area contributed by atoms with Gasteiger partial charge in [0, 0.05) is 49.2 Å². The van der Waals surface area contributed by atoms with Crippen molar-refractivity contribution in [3.05, 3.63) is 59.8 Å². The van der Waals surface area contributed by atoms with E-state index in [1.165, 1.54) is 11.1 Å². The molecule has 15 heteroatoms. The zero-order valence-corrected chi connectivity index (χ0v) is 28.2. The molecule has 3 heterocycles. The number of pyridine rings is 1. The predicted molar refractivity (Wildman–Crippen MR) is 186 cm³/mol. The standard InChI is InChI=1S/C35H42N8O7/c1-47-31-29(18-22-9-10-26(41-42-34-37-13-14-38-34)24-7-3-8-25(24)30(22)32(31)48-2)49-17-11-27(33(44)45)40-35(46)50-16-5-15-43-20-28(39-21-43)23-6-4-12-36-19-23/h4,6,12,18-21,27H,3,5,7-11,13-17H2,1-2H3,(H,40,46)(H,44,45)(H2,37,38,42). The van der Waals surface area contributed by atoms with Crippen molar-refractivity contribution in [1.82, 2.24) is 30.6 Å². The number of amides is 1. The largest absolute Gasteiger partial charge is 0.492 e.